The van der Waals surface area contributed by atoms with Crippen molar-refractivity contribution in [3.05, 3.63) is 47.3 Å². The molecule has 0 radical (unpaired) electrons. The Bertz CT molecular complexity index is 689. The van der Waals surface area contributed by atoms with Crippen molar-refractivity contribution in [2.24, 2.45) is 7.05 Å². The maximum atomic E-state index is 12.2. The molecule has 1 heterocycles. The number of carbonyl (C=O) groups excluding carboxylic acids is 1. The molecule has 0 aliphatic rings. The summed E-state index contributed by atoms with van der Waals surface area (Å²) in [5, 5.41) is 15.7. The first kappa shape index (κ1) is 15.8. The van der Waals surface area contributed by atoms with Crippen LogP contribution in [0.25, 0.3) is 0 Å². The Hall–Kier alpha value is -2.63. The number of amides is 1. The van der Waals surface area contributed by atoms with E-state index in [2.05, 4.69) is 24.3 Å². The van der Waals surface area contributed by atoms with Gasteiger partial charge in [-0.05, 0) is 30.0 Å². The summed E-state index contributed by atoms with van der Waals surface area (Å²) < 4.78 is 1.31. The largest absolute Gasteiger partial charge is 0.478 e. The Balaban J connectivity index is 2.17. The predicted octanol–water partition coefficient (Wildman–Crippen LogP) is 2.88. The van der Waals surface area contributed by atoms with E-state index < -0.39 is 11.9 Å². The van der Waals surface area contributed by atoms with Crippen molar-refractivity contribution in [2.75, 3.05) is 5.32 Å². The first-order chi connectivity index (χ1) is 10.4. The summed E-state index contributed by atoms with van der Waals surface area (Å²) in [6, 6.07) is 7.53. The third-order valence-electron chi connectivity index (χ3n) is 3.62. The molecule has 116 valence electrons. The van der Waals surface area contributed by atoms with Crippen molar-refractivity contribution in [3.63, 3.8) is 0 Å². The minimum atomic E-state index is -1.18. The Morgan fingerprint density at radius 1 is 1.32 bits per heavy atom. The summed E-state index contributed by atoms with van der Waals surface area (Å²) in [6.07, 6.45) is 2.35. The van der Waals surface area contributed by atoms with Gasteiger partial charge >= 0.3 is 5.97 Å². The highest BCUT2D eigenvalue weighted by Crippen LogP contribution is 2.21. The number of carboxylic acids is 1. The first-order valence-corrected chi connectivity index (χ1v) is 7.10. The van der Waals surface area contributed by atoms with Gasteiger partial charge in [0.05, 0.1) is 0 Å². The van der Waals surface area contributed by atoms with Crippen LogP contribution in [0.3, 0.4) is 0 Å². The molecule has 0 aliphatic carbocycles. The lowest BCUT2D eigenvalue weighted by molar-refractivity contribution is 0.0692. The molecule has 1 aromatic heterocycles. The standard InChI is InChI=1S/C16H19N3O3/c1-4-10(2)11-5-7-12(8-6-11)17-15(20)14-13(16(21)22)9-19(3)18-14/h5-10H,4H2,1-3H3,(H,17,20)(H,21,22)/t10-/m1/s1. The van der Waals surface area contributed by atoms with Crippen LogP contribution < -0.4 is 5.32 Å². The molecular formula is C16H19N3O3. The molecule has 0 fully saturated rings. The lowest BCUT2D eigenvalue weighted by Crippen LogP contribution is -2.16. The molecule has 0 spiro atoms. The van der Waals surface area contributed by atoms with E-state index >= 15 is 0 Å². The molecular weight excluding hydrogens is 282 g/mol. The lowest BCUT2D eigenvalue weighted by Gasteiger charge is -2.10. The maximum absolute atomic E-state index is 12.2. The molecule has 2 rings (SSSR count). The van der Waals surface area contributed by atoms with E-state index in [9.17, 15) is 9.59 Å². The number of carboxylic acid groups (broad SMARTS) is 1. The third kappa shape index (κ3) is 3.33. The van der Waals surface area contributed by atoms with Gasteiger partial charge in [0.15, 0.2) is 5.69 Å². The second-order valence-corrected chi connectivity index (χ2v) is 5.26. The number of rotatable bonds is 5. The van der Waals surface area contributed by atoms with Gasteiger partial charge in [-0.25, -0.2) is 4.79 Å². The zero-order valence-corrected chi connectivity index (χ0v) is 12.8. The summed E-state index contributed by atoms with van der Waals surface area (Å²) >= 11 is 0. The lowest BCUT2D eigenvalue weighted by atomic mass is 9.99. The highest BCUT2D eigenvalue weighted by molar-refractivity contribution is 6.09. The van der Waals surface area contributed by atoms with Gasteiger partial charge in [-0.15, -0.1) is 0 Å². The third-order valence-corrected chi connectivity index (χ3v) is 3.62. The number of nitrogens with zero attached hydrogens (tertiary/aromatic N) is 2. The van der Waals surface area contributed by atoms with E-state index in [0.29, 0.717) is 11.6 Å². The van der Waals surface area contributed by atoms with E-state index in [1.165, 1.54) is 16.4 Å². The zero-order chi connectivity index (χ0) is 16.3. The summed E-state index contributed by atoms with van der Waals surface area (Å²) in [5.74, 6) is -1.25. The number of benzene rings is 1. The number of carbonyl (C=O) groups is 2. The summed E-state index contributed by atoms with van der Waals surface area (Å²) in [6.45, 7) is 4.26. The van der Waals surface area contributed by atoms with Crippen molar-refractivity contribution in [2.45, 2.75) is 26.2 Å². The summed E-state index contributed by atoms with van der Waals surface area (Å²) in [7, 11) is 1.57. The molecule has 6 heteroatoms. The van der Waals surface area contributed by atoms with Gasteiger partial charge in [0, 0.05) is 18.9 Å². The molecule has 0 unspecified atom stereocenters. The SMILES string of the molecule is CC[C@@H](C)c1ccc(NC(=O)c2nn(C)cc2C(=O)O)cc1. The van der Waals surface area contributed by atoms with Crippen LogP contribution in [-0.4, -0.2) is 26.8 Å². The average molecular weight is 301 g/mol. The quantitative estimate of drug-likeness (QED) is 0.889. The van der Waals surface area contributed by atoms with Crippen LogP contribution >= 0.6 is 0 Å². The Morgan fingerprint density at radius 3 is 2.50 bits per heavy atom. The van der Waals surface area contributed by atoms with Crippen LogP contribution in [0, 0.1) is 0 Å². The molecule has 1 atom stereocenters. The molecule has 6 nitrogen and oxygen atoms in total. The van der Waals surface area contributed by atoms with Crippen LogP contribution in [-0.2, 0) is 7.05 Å². The molecule has 0 bridgehead atoms. The molecule has 0 saturated heterocycles. The number of aromatic nitrogens is 2. The Kier molecular flexibility index (Phi) is 4.60. The van der Waals surface area contributed by atoms with E-state index in [1.807, 2.05) is 24.3 Å². The molecule has 1 amide bonds. The van der Waals surface area contributed by atoms with Crippen LogP contribution in [0.15, 0.2) is 30.5 Å². The molecule has 2 aromatic rings. The molecule has 1 aromatic carbocycles. The number of anilines is 1. The van der Waals surface area contributed by atoms with Crippen molar-refractivity contribution in [3.8, 4) is 0 Å². The van der Waals surface area contributed by atoms with Crippen molar-refractivity contribution in [1.29, 1.82) is 0 Å². The van der Waals surface area contributed by atoms with Crippen molar-refractivity contribution < 1.29 is 14.7 Å². The minimum absolute atomic E-state index is 0.0963. The van der Waals surface area contributed by atoms with Gasteiger partial charge in [-0.3, -0.25) is 9.48 Å². The highest BCUT2D eigenvalue weighted by atomic mass is 16.4. The van der Waals surface area contributed by atoms with Gasteiger partial charge in [0.2, 0.25) is 0 Å². The average Bonchev–Trinajstić information content (AvgIpc) is 2.89. The zero-order valence-electron chi connectivity index (χ0n) is 12.8. The number of aryl methyl sites for hydroxylation is 1. The number of hydrogen-bond acceptors (Lipinski definition) is 3. The fourth-order valence-corrected chi connectivity index (χ4v) is 2.13. The van der Waals surface area contributed by atoms with Crippen LogP contribution in [0.2, 0.25) is 0 Å². The van der Waals surface area contributed by atoms with E-state index in [1.54, 1.807) is 7.05 Å². The molecule has 0 aliphatic heterocycles. The predicted molar refractivity (Wildman–Crippen MR) is 83.3 cm³/mol. The van der Waals surface area contributed by atoms with Crippen LogP contribution in [0.4, 0.5) is 5.69 Å². The number of nitrogens with one attached hydrogen (secondary N) is 1. The van der Waals surface area contributed by atoms with Gasteiger partial charge in [0.25, 0.3) is 5.91 Å². The summed E-state index contributed by atoms with van der Waals surface area (Å²) in [5.41, 5.74) is 1.60. The molecule has 2 N–H and O–H groups in total. The smallest absolute Gasteiger partial charge is 0.339 e. The van der Waals surface area contributed by atoms with E-state index in [-0.39, 0.29) is 11.3 Å². The topological polar surface area (TPSA) is 84.2 Å². The molecule has 0 saturated carbocycles. The van der Waals surface area contributed by atoms with Gasteiger partial charge in [0.1, 0.15) is 5.56 Å². The number of aromatic carboxylic acids is 1. The molecule has 22 heavy (non-hydrogen) atoms. The van der Waals surface area contributed by atoms with Gasteiger partial charge < -0.3 is 10.4 Å². The van der Waals surface area contributed by atoms with Crippen LogP contribution in [0.1, 0.15) is 52.6 Å². The fourth-order valence-electron chi connectivity index (χ4n) is 2.13. The second-order valence-electron chi connectivity index (χ2n) is 5.26. The summed E-state index contributed by atoms with van der Waals surface area (Å²) in [4.78, 5) is 23.3. The Morgan fingerprint density at radius 2 is 1.95 bits per heavy atom. The minimum Gasteiger partial charge on any atom is -0.478 e. The normalized spacial score (nSPS) is 12.0. The van der Waals surface area contributed by atoms with E-state index in [4.69, 9.17) is 5.11 Å². The van der Waals surface area contributed by atoms with Crippen molar-refractivity contribution in [1.82, 2.24) is 9.78 Å². The first-order valence-electron chi connectivity index (χ1n) is 7.10. The Labute approximate surface area is 128 Å². The highest BCUT2D eigenvalue weighted by Gasteiger charge is 2.21. The fraction of sp³-hybridized carbons (Fsp3) is 0.312. The number of hydrogen-bond donors (Lipinski definition) is 2. The monoisotopic (exact) mass is 301 g/mol. The van der Waals surface area contributed by atoms with Gasteiger partial charge in [-0.1, -0.05) is 26.0 Å². The van der Waals surface area contributed by atoms with E-state index in [0.717, 1.165) is 6.42 Å². The second kappa shape index (κ2) is 6.43. The van der Waals surface area contributed by atoms with Crippen molar-refractivity contribution >= 4 is 17.6 Å². The maximum Gasteiger partial charge on any atom is 0.339 e. The van der Waals surface area contributed by atoms with Gasteiger partial charge in [-0.2, -0.15) is 5.10 Å². The van der Waals surface area contributed by atoms with Crippen LogP contribution in [0.5, 0.6) is 0 Å².